The summed E-state index contributed by atoms with van der Waals surface area (Å²) in [4.78, 5) is 27.9. The summed E-state index contributed by atoms with van der Waals surface area (Å²) in [7, 11) is 0. The molecular formula is C23H22N4O3S. The highest BCUT2D eigenvalue weighted by Crippen LogP contribution is 2.51. The fraction of sp³-hybridized carbons (Fsp3) is 0.304. The number of aryl methyl sites for hydroxylation is 1. The van der Waals surface area contributed by atoms with E-state index in [4.69, 9.17) is 5.73 Å². The van der Waals surface area contributed by atoms with Gasteiger partial charge in [-0.2, -0.15) is 5.26 Å². The number of hydrogen-bond acceptors (Lipinski definition) is 7. The molecule has 2 heterocycles. The number of carbonyl (C=O) groups excluding carboxylic acids is 1. The van der Waals surface area contributed by atoms with E-state index in [1.165, 1.54) is 12.1 Å². The third-order valence-electron chi connectivity index (χ3n) is 5.73. The normalized spacial score (nSPS) is 20.5. The van der Waals surface area contributed by atoms with E-state index in [9.17, 15) is 20.2 Å². The number of nitriles is 1. The number of nitro benzene ring substituents is 1. The largest absolute Gasteiger partial charge is 0.384 e. The zero-order valence-corrected chi connectivity index (χ0v) is 18.3. The molecule has 0 radical (unpaired) electrons. The minimum absolute atomic E-state index is 0.0158. The molecule has 0 fully saturated rings. The van der Waals surface area contributed by atoms with Gasteiger partial charge in [0.2, 0.25) is 0 Å². The van der Waals surface area contributed by atoms with Crippen LogP contribution in [0, 0.1) is 33.8 Å². The van der Waals surface area contributed by atoms with Crippen molar-refractivity contribution >= 4 is 28.5 Å². The third kappa shape index (κ3) is 3.51. The Labute approximate surface area is 184 Å². The van der Waals surface area contributed by atoms with Crippen molar-refractivity contribution in [3.05, 3.63) is 78.9 Å². The molecule has 1 aliphatic carbocycles. The molecule has 0 saturated heterocycles. The summed E-state index contributed by atoms with van der Waals surface area (Å²) >= 11 is 1.54. The van der Waals surface area contributed by atoms with Gasteiger partial charge in [0, 0.05) is 39.6 Å². The summed E-state index contributed by atoms with van der Waals surface area (Å²) in [6.07, 6.45) is 0.936. The second kappa shape index (κ2) is 7.36. The molecule has 7 nitrogen and oxygen atoms in total. The molecule has 1 aromatic heterocycles. The zero-order valence-electron chi connectivity index (χ0n) is 17.5. The van der Waals surface area contributed by atoms with E-state index >= 15 is 0 Å². The number of anilines is 1. The predicted octanol–water partition coefficient (Wildman–Crippen LogP) is 4.91. The van der Waals surface area contributed by atoms with Gasteiger partial charge < -0.3 is 5.73 Å². The van der Waals surface area contributed by atoms with Gasteiger partial charge in [0.15, 0.2) is 5.78 Å². The summed E-state index contributed by atoms with van der Waals surface area (Å²) in [6, 6.07) is 12.2. The van der Waals surface area contributed by atoms with Gasteiger partial charge in [0.25, 0.3) is 5.69 Å². The Morgan fingerprint density at radius 1 is 1.29 bits per heavy atom. The molecule has 0 saturated carbocycles. The van der Waals surface area contributed by atoms with Crippen LogP contribution >= 0.6 is 11.3 Å². The molecule has 8 heteroatoms. The van der Waals surface area contributed by atoms with E-state index in [2.05, 4.69) is 6.07 Å². The monoisotopic (exact) mass is 434 g/mol. The minimum atomic E-state index is -0.516. The molecule has 0 bridgehead atoms. The molecule has 4 rings (SSSR count). The summed E-state index contributed by atoms with van der Waals surface area (Å²) < 4.78 is 0. The first-order valence-corrected chi connectivity index (χ1v) is 10.7. The molecule has 2 aromatic rings. The van der Waals surface area contributed by atoms with Gasteiger partial charge in [-0.15, -0.1) is 11.3 Å². The van der Waals surface area contributed by atoms with E-state index in [0.717, 1.165) is 9.75 Å². The van der Waals surface area contributed by atoms with Crippen molar-refractivity contribution in [3.8, 4) is 6.07 Å². The van der Waals surface area contributed by atoms with Crippen LogP contribution in [0.15, 0.2) is 59.1 Å². The highest BCUT2D eigenvalue weighted by molar-refractivity contribution is 7.12. The quantitative estimate of drug-likeness (QED) is 0.543. The van der Waals surface area contributed by atoms with E-state index in [0.29, 0.717) is 35.4 Å². The van der Waals surface area contributed by atoms with Crippen molar-refractivity contribution in [1.29, 1.82) is 5.26 Å². The number of ketones is 1. The number of nitro groups is 1. The van der Waals surface area contributed by atoms with Gasteiger partial charge >= 0.3 is 0 Å². The first-order chi connectivity index (χ1) is 14.6. The number of Topliss-reactive ketones (excluding diaryl/α,β-unsaturated/α-hetero) is 1. The zero-order chi connectivity index (χ0) is 22.5. The van der Waals surface area contributed by atoms with Crippen LogP contribution in [0.1, 0.15) is 42.4 Å². The van der Waals surface area contributed by atoms with Crippen molar-refractivity contribution in [3.63, 3.8) is 0 Å². The van der Waals surface area contributed by atoms with E-state index in [1.807, 2.05) is 32.9 Å². The lowest BCUT2D eigenvalue weighted by atomic mass is 9.69. The van der Waals surface area contributed by atoms with Crippen LogP contribution in [0.5, 0.6) is 0 Å². The maximum atomic E-state index is 13.4. The summed E-state index contributed by atoms with van der Waals surface area (Å²) in [5, 5.41) is 21.4. The standard InChI is InChI=1S/C23H22N4O3S/c1-13-7-8-19(31-13)20-16(12-24)22(25)26(14-5-4-6-15(9-14)27(29)30)17-10-23(2,3)11-18(28)21(17)20/h4-9,20H,10-11,25H2,1-3H3. The smallest absolute Gasteiger partial charge is 0.271 e. The van der Waals surface area contributed by atoms with Crippen molar-refractivity contribution in [2.75, 3.05) is 4.90 Å². The first kappa shape index (κ1) is 20.8. The fourth-order valence-electron chi connectivity index (χ4n) is 4.44. The lowest BCUT2D eigenvalue weighted by molar-refractivity contribution is -0.384. The predicted molar refractivity (Wildman–Crippen MR) is 119 cm³/mol. The van der Waals surface area contributed by atoms with Crippen molar-refractivity contribution in [1.82, 2.24) is 0 Å². The molecule has 2 N–H and O–H groups in total. The number of rotatable bonds is 3. The number of carbonyl (C=O) groups is 1. The molecule has 1 aliphatic heterocycles. The Morgan fingerprint density at radius 3 is 2.65 bits per heavy atom. The van der Waals surface area contributed by atoms with E-state index in [-0.39, 0.29) is 22.7 Å². The Morgan fingerprint density at radius 2 is 2.03 bits per heavy atom. The van der Waals surface area contributed by atoms with E-state index in [1.54, 1.807) is 28.4 Å². The molecule has 1 atom stereocenters. The van der Waals surface area contributed by atoms with Gasteiger partial charge in [0.05, 0.1) is 28.2 Å². The van der Waals surface area contributed by atoms with Crippen LogP contribution in [0.25, 0.3) is 0 Å². The van der Waals surface area contributed by atoms with Gasteiger partial charge in [-0.25, -0.2) is 0 Å². The van der Waals surface area contributed by atoms with Crippen LogP contribution in [0.3, 0.4) is 0 Å². The number of hydrogen-bond donors (Lipinski definition) is 1. The summed E-state index contributed by atoms with van der Waals surface area (Å²) in [6.45, 7) is 6.02. The Balaban J connectivity index is 2.00. The number of nitrogens with two attached hydrogens (primary N) is 1. The highest BCUT2D eigenvalue weighted by atomic mass is 32.1. The van der Waals surface area contributed by atoms with Crippen LogP contribution in [0.4, 0.5) is 11.4 Å². The second-order valence-corrected chi connectivity index (χ2v) is 10.0. The number of benzene rings is 1. The second-order valence-electron chi connectivity index (χ2n) is 8.71. The van der Waals surface area contributed by atoms with Gasteiger partial charge in [-0.1, -0.05) is 19.9 Å². The molecule has 0 amide bonds. The first-order valence-electron chi connectivity index (χ1n) is 9.90. The average molecular weight is 435 g/mol. The number of thiophene rings is 1. The average Bonchev–Trinajstić information content (AvgIpc) is 3.12. The maximum absolute atomic E-state index is 13.4. The summed E-state index contributed by atoms with van der Waals surface area (Å²) in [5.74, 6) is -0.321. The Hall–Kier alpha value is -3.44. The lowest BCUT2D eigenvalue weighted by Gasteiger charge is -2.43. The van der Waals surface area contributed by atoms with Crippen molar-refractivity contribution in [2.45, 2.75) is 39.5 Å². The van der Waals surface area contributed by atoms with Crippen LogP contribution in [-0.4, -0.2) is 10.7 Å². The number of non-ortho nitro benzene ring substituents is 1. The molecule has 2 aliphatic rings. The van der Waals surface area contributed by atoms with Crippen LogP contribution in [-0.2, 0) is 4.79 Å². The van der Waals surface area contributed by atoms with Gasteiger partial charge in [-0.3, -0.25) is 19.8 Å². The minimum Gasteiger partial charge on any atom is -0.384 e. The molecule has 1 unspecified atom stereocenters. The molecular weight excluding hydrogens is 412 g/mol. The van der Waals surface area contributed by atoms with Gasteiger partial charge in [0.1, 0.15) is 5.82 Å². The Kier molecular flexibility index (Phi) is 4.94. The molecule has 0 spiro atoms. The molecule has 31 heavy (non-hydrogen) atoms. The van der Waals surface area contributed by atoms with Crippen LogP contribution < -0.4 is 10.6 Å². The highest BCUT2D eigenvalue weighted by Gasteiger charge is 2.45. The van der Waals surface area contributed by atoms with Crippen LogP contribution in [0.2, 0.25) is 0 Å². The molecule has 158 valence electrons. The number of allylic oxidation sites excluding steroid dienone is 3. The van der Waals surface area contributed by atoms with Crippen molar-refractivity contribution < 1.29 is 9.72 Å². The lowest BCUT2D eigenvalue weighted by Crippen LogP contribution is -2.42. The maximum Gasteiger partial charge on any atom is 0.271 e. The summed E-state index contributed by atoms with van der Waals surface area (Å²) in [5.41, 5.74) is 8.21. The third-order valence-corrected chi connectivity index (χ3v) is 6.79. The Bertz CT molecular complexity index is 1220. The fourth-order valence-corrected chi connectivity index (χ4v) is 5.44. The van der Waals surface area contributed by atoms with Gasteiger partial charge in [-0.05, 0) is 37.0 Å². The van der Waals surface area contributed by atoms with Crippen molar-refractivity contribution in [2.24, 2.45) is 11.1 Å². The van der Waals surface area contributed by atoms with E-state index < -0.39 is 10.8 Å². The SMILES string of the molecule is Cc1ccc(C2C(C#N)=C(N)N(c3cccc([N+](=O)[O-])c3)C3=C2C(=O)CC(C)(C)C3)s1. The molecule has 1 aromatic carbocycles. The topological polar surface area (TPSA) is 113 Å². The number of nitrogens with zero attached hydrogens (tertiary/aromatic N) is 3.